The van der Waals surface area contributed by atoms with Crippen molar-refractivity contribution in [1.82, 2.24) is 9.97 Å². The van der Waals surface area contributed by atoms with Crippen molar-refractivity contribution in [3.63, 3.8) is 0 Å². The van der Waals surface area contributed by atoms with E-state index in [-0.39, 0.29) is 0 Å². The molecule has 3 aromatic rings. The highest BCUT2D eigenvalue weighted by atomic mass is 35.5. The molecule has 0 spiro atoms. The summed E-state index contributed by atoms with van der Waals surface area (Å²) in [6, 6.07) is 5.02. The first-order valence-electron chi connectivity index (χ1n) is 5.75. The molecule has 1 N–H and O–H groups in total. The molecular formula is C13H9Cl3N3O+. The summed E-state index contributed by atoms with van der Waals surface area (Å²) < 4.78 is 7.51. The molecule has 0 amide bonds. The standard InChI is InChI=1S/C13H8Cl3N3O/c14-8-4-10(15)12(11(16)5-8)20-7-9-6-19-3-1-2-17-13(19)18-9/h1-6H,7H2/p+1. The molecule has 0 radical (unpaired) electrons. The zero-order valence-electron chi connectivity index (χ0n) is 10.1. The Morgan fingerprint density at radius 3 is 2.65 bits per heavy atom. The second-order valence-electron chi connectivity index (χ2n) is 4.12. The molecule has 0 aliphatic carbocycles. The second-order valence-corrected chi connectivity index (χ2v) is 5.37. The molecule has 2 heterocycles. The maximum atomic E-state index is 6.06. The Morgan fingerprint density at radius 2 is 1.95 bits per heavy atom. The van der Waals surface area contributed by atoms with Gasteiger partial charge in [-0.15, -0.1) is 0 Å². The predicted octanol–water partition coefficient (Wildman–Crippen LogP) is 3.69. The van der Waals surface area contributed by atoms with Crippen LogP contribution in [0.5, 0.6) is 5.75 Å². The second kappa shape index (κ2) is 5.48. The summed E-state index contributed by atoms with van der Waals surface area (Å²) in [7, 11) is 0. The fourth-order valence-corrected chi connectivity index (χ4v) is 2.74. The van der Waals surface area contributed by atoms with Crippen LogP contribution in [0, 0.1) is 0 Å². The summed E-state index contributed by atoms with van der Waals surface area (Å²) in [5.74, 6) is 1.15. The van der Waals surface area contributed by atoms with Crippen molar-refractivity contribution in [3.05, 3.63) is 57.6 Å². The maximum absolute atomic E-state index is 6.06. The highest BCUT2D eigenvalue weighted by Gasteiger charge is 2.12. The van der Waals surface area contributed by atoms with E-state index < -0.39 is 0 Å². The van der Waals surface area contributed by atoms with E-state index in [0.29, 0.717) is 27.4 Å². The molecule has 20 heavy (non-hydrogen) atoms. The van der Waals surface area contributed by atoms with Crippen LogP contribution in [-0.2, 0) is 6.61 Å². The number of fused-ring (bicyclic) bond motifs is 1. The van der Waals surface area contributed by atoms with E-state index in [1.807, 2.05) is 22.9 Å². The van der Waals surface area contributed by atoms with Crippen molar-refractivity contribution in [2.75, 3.05) is 0 Å². The lowest BCUT2D eigenvalue weighted by atomic mass is 10.3. The van der Waals surface area contributed by atoms with Gasteiger partial charge in [0.15, 0.2) is 5.75 Å². The topological polar surface area (TPSA) is 42.0 Å². The first-order valence-corrected chi connectivity index (χ1v) is 6.88. The smallest absolute Gasteiger partial charge is 0.401 e. The van der Waals surface area contributed by atoms with Gasteiger partial charge in [-0.1, -0.05) is 39.8 Å². The molecule has 102 valence electrons. The first-order chi connectivity index (χ1) is 9.63. The number of benzene rings is 1. The largest absolute Gasteiger partial charge is 0.483 e. The average Bonchev–Trinajstić information content (AvgIpc) is 2.80. The van der Waals surface area contributed by atoms with Gasteiger partial charge in [-0.25, -0.2) is 9.38 Å². The van der Waals surface area contributed by atoms with Gasteiger partial charge in [0.05, 0.1) is 16.2 Å². The third-order valence-electron chi connectivity index (χ3n) is 2.68. The number of nitrogens with zero attached hydrogens (tertiary/aromatic N) is 2. The summed E-state index contributed by atoms with van der Waals surface area (Å²) in [6.07, 6.45) is 5.49. The Morgan fingerprint density at radius 1 is 1.20 bits per heavy atom. The Bertz CT molecular complexity index is 716. The number of hydrogen-bond acceptors (Lipinski definition) is 2. The van der Waals surface area contributed by atoms with Gasteiger partial charge in [-0.3, -0.25) is 0 Å². The molecule has 0 aliphatic rings. The van der Waals surface area contributed by atoms with Crippen LogP contribution < -0.4 is 9.14 Å². The molecule has 0 bridgehead atoms. The number of aromatic nitrogens is 3. The lowest BCUT2D eigenvalue weighted by molar-refractivity contribution is -0.513. The summed E-state index contributed by atoms with van der Waals surface area (Å²) in [5, 5.41) is 1.23. The van der Waals surface area contributed by atoms with Gasteiger partial charge in [0.1, 0.15) is 24.7 Å². The first kappa shape index (κ1) is 13.5. The molecular weight excluding hydrogens is 321 g/mol. The van der Waals surface area contributed by atoms with E-state index in [0.717, 1.165) is 11.5 Å². The van der Waals surface area contributed by atoms with Crippen molar-refractivity contribution < 1.29 is 9.14 Å². The molecule has 0 saturated carbocycles. The number of halogens is 3. The van der Waals surface area contributed by atoms with Gasteiger partial charge in [-0.05, 0) is 12.1 Å². The van der Waals surface area contributed by atoms with Crippen molar-refractivity contribution in [1.29, 1.82) is 0 Å². The van der Waals surface area contributed by atoms with E-state index in [1.165, 1.54) is 0 Å². The van der Waals surface area contributed by atoms with Crippen LogP contribution in [-0.4, -0.2) is 9.97 Å². The van der Waals surface area contributed by atoms with Gasteiger partial charge in [0.25, 0.3) is 0 Å². The zero-order chi connectivity index (χ0) is 14.1. The van der Waals surface area contributed by atoms with E-state index in [2.05, 4.69) is 9.97 Å². The highest BCUT2D eigenvalue weighted by Crippen LogP contribution is 2.36. The molecule has 3 rings (SSSR count). The molecule has 7 heteroatoms. The average molecular weight is 330 g/mol. The van der Waals surface area contributed by atoms with Gasteiger partial charge >= 0.3 is 5.78 Å². The van der Waals surface area contributed by atoms with Crippen molar-refractivity contribution in [3.8, 4) is 5.75 Å². The van der Waals surface area contributed by atoms with Crippen LogP contribution in [0.15, 0.2) is 36.8 Å². The van der Waals surface area contributed by atoms with Crippen molar-refractivity contribution in [2.45, 2.75) is 6.61 Å². The van der Waals surface area contributed by atoms with E-state index in [1.54, 1.807) is 18.3 Å². The summed E-state index contributed by atoms with van der Waals surface area (Å²) >= 11 is 18.0. The highest BCUT2D eigenvalue weighted by molar-refractivity contribution is 6.40. The third-order valence-corrected chi connectivity index (χ3v) is 3.46. The summed E-state index contributed by atoms with van der Waals surface area (Å²) in [5.41, 5.74) is 0.853. The number of aromatic amines is 1. The quantitative estimate of drug-likeness (QED) is 0.745. The maximum Gasteiger partial charge on any atom is 0.401 e. The molecule has 1 aromatic carbocycles. The van der Waals surface area contributed by atoms with Gasteiger partial charge in [-0.2, -0.15) is 0 Å². The fourth-order valence-electron chi connectivity index (χ4n) is 1.82. The van der Waals surface area contributed by atoms with Crippen LogP contribution in [0.2, 0.25) is 15.1 Å². The normalized spacial score (nSPS) is 10.9. The molecule has 0 atom stereocenters. The minimum atomic E-state index is 0.296. The Labute approximate surface area is 129 Å². The Kier molecular flexibility index (Phi) is 3.70. The van der Waals surface area contributed by atoms with Crippen LogP contribution in [0.3, 0.4) is 0 Å². The Hall–Kier alpha value is -1.49. The monoisotopic (exact) mass is 328 g/mol. The van der Waals surface area contributed by atoms with Gasteiger partial charge in [0.2, 0.25) is 0 Å². The van der Waals surface area contributed by atoms with Crippen molar-refractivity contribution in [2.24, 2.45) is 0 Å². The molecule has 0 saturated heterocycles. The molecule has 0 fully saturated rings. The number of imidazole rings is 1. The minimum Gasteiger partial charge on any atom is -0.483 e. The Balaban J connectivity index is 1.83. The summed E-state index contributed by atoms with van der Waals surface area (Å²) in [4.78, 5) is 7.32. The van der Waals surface area contributed by atoms with Crippen LogP contribution >= 0.6 is 34.8 Å². The van der Waals surface area contributed by atoms with E-state index >= 15 is 0 Å². The van der Waals surface area contributed by atoms with E-state index in [4.69, 9.17) is 39.5 Å². The lowest BCUT2D eigenvalue weighted by Crippen LogP contribution is -2.17. The van der Waals surface area contributed by atoms with Crippen LogP contribution in [0.1, 0.15) is 5.69 Å². The van der Waals surface area contributed by atoms with Gasteiger partial charge < -0.3 is 4.74 Å². The van der Waals surface area contributed by atoms with Crippen LogP contribution in [0.4, 0.5) is 0 Å². The van der Waals surface area contributed by atoms with Crippen molar-refractivity contribution >= 4 is 40.6 Å². The van der Waals surface area contributed by atoms with E-state index in [9.17, 15) is 0 Å². The fraction of sp³-hybridized carbons (Fsp3) is 0.0769. The third kappa shape index (κ3) is 2.68. The van der Waals surface area contributed by atoms with Gasteiger partial charge in [0, 0.05) is 11.1 Å². The molecule has 4 nitrogen and oxygen atoms in total. The molecule has 0 aliphatic heterocycles. The molecule has 2 aromatic heterocycles. The number of ether oxygens (including phenoxy) is 1. The lowest BCUT2D eigenvalue weighted by Gasteiger charge is -2.08. The number of hydrogen-bond donors (Lipinski definition) is 1. The zero-order valence-corrected chi connectivity index (χ0v) is 12.4. The molecule has 0 unspecified atom stereocenters. The minimum absolute atomic E-state index is 0.296. The SMILES string of the molecule is Clc1cc(Cl)c(OCc2c[n+]3cccnc3[nH]2)c(Cl)c1. The summed E-state index contributed by atoms with van der Waals surface area (Å²) in [6.45, 7) is 0.296. The number of rotatable bonds is 3. The number of H-pyrrole nitrogens is 1. The predicted molar refractivity (Wildman–Crippen MR) is 77.6 cm³/mol. The van der Waals surface area contributed by atoms with Crippen LogP contribution in [0.25, 0.3) is 5.78 Å². The number of nitrogens with one attached hydrogen (secondary N) is 1.